The SMILES string of the molecule is CN(C(=O)c1ccncc1Cl)[C@H]1CCSc2ccc(Br)cc21. The standard InChI is InChI=1S/C16H14BrClN2OS/c1-20(16(21)11-4-6-19-9-13(11)18)14-5-7-22-15-3-2-10(17)8-12(14)15/h2-4,6,8-9,14H,5,7H2,1H3/t14-/m0/s1. The van der Waals surface area contributed by atoms with Crippen LogP contribution in [0.15, 0.2) is 46.0 Å². The number of nitrogens with zero attached hydrogens (tertiary/aromatic N) is 2. The smallest absolute Gasteiger partial charge is 0.255 e. The average Bonchev–Trinajstić information content (AvgIpc) is 2.53. The molecule has 1 amide bonds. The van der Waals surface area contributed by atoms with Crippen LogP contribution in [0.5, 0.6) is 0 Å². The van der Waals surface area contributed by atoms with Crippen molar-refractivity contribution in [3.63, 3.8) is 0 Å². The Hall–Kier alpha value is -1.04. The first-order valence-corrected chi connectivity index (χ1v) is 9.02. The van der Waals surface area contributed by atoms with Crippen molar-refractivity contribution in [2.24, 2.45) is 0 Å². The Balaban J connectivity index is 1.94. The lowest BCUT2D eigenvalue weighted by molar-refractivity contribution is 0.0724. The van der Waals surface area contributed by atoms with E-state index in [1.54, 1.807) is 17.2 Å². The van der Waals surface area contributed by atoms with Gasteiger partial charge >= 0.3 is 0 Å². The van der Waals surface area contributed by atoms with Crippen LogP contribution in [0.2, 0.25) is 5.02 Å². The number of benzene rings is 1. The van der Waals surface area contributed by atoms with E-state index in [4.69, 9.17) is 11.6 Å². The summed E-state index contributed by atoms with van der Waals surface area (Å²) in [6.45, 7) is 0. The Bertz CT molecular complexity index is 725. The van der Waals surface area contributed by atoms with Crippen molar-refractivity contribution in [1.82, 2.24) is 9.88 Å². The summed E-state index contributed by atoms with van der Waals surface area (Å²) in [6, 6.07) is 7.97. The number of halogens is 2. The maximum absolute atomic E-state index is 12.8. The van der Waals surface area contributed by atoms with Gasteiger partial charge in [-0.05, 0) is 36.2 Å². The summed E-state index contributed by atoms with van der Waals surface area (Å²) < 4.78 is 1.03. The molecule has 0 aliphatic carbocycles. The van der Waals surface area contributed by atoms with Crippen molar-refractivity contribution >= 4 is 45.2 Å². The number of aromatic nitrogens is 1. The number of hydrogen-bond donors (Lipinski definition) is 0. The van der Waals surface area contributed by atoms with Crippen LogP contribution in [-0.4, -0.2) is 28.6 Å². The first-order chi connectivity index (χ1) is 10.6. The summed E-state index contributed by atoms with van der Waals surface area (Å²) in [5, 5.41) is 0.388. The summed E-state index contributed by atoms with van der Waals surface area (Å²) in [5.74, 6) is 0.927. The number of carbonyl (C=O) groups excluding carboxylic acids is 1. The number of amides is 1. The van der Waals surface area contributed by atoms with Gasteiger partial charge in [0.05, 0.1) is 16.6 Å². The highest BCUT2D eigenvalue weighted by molar-refractivity contribution is 9.10. The topological polar surface area (TPSA) is 33.2 Å². The van der Waals surface area contributed by atoms with E-state index < -0.39 is 0 Å². The molecule has 22 heavy (non-hydrogen) atoms. The Kier molecular flexibility index (Phi) is 4.76. The van der Waals surface area contributed by atoms with E-state index in [1.165, 1.54) is 16.7 Å². The molecule has 6 heteroatoms. The molecule has 114 valence electrons. The van der Waals surface area contributed by atoms with Crippen molar-refractivity contribution in [3.8, 4) is 0 Å². The van der Waals surface area contributed by atoms with Gasteiger partial charge in [0, 0.05) is 34.6 Å². The maximum Gasteiger partial charge on any atom is 0.255 e. The number of carbonyl (C=O) groups is 1. The molecule has 0 radical (unpaired) electrons. The van der Waals surface area contributed by atoms with Gasteiger partial charge in [-0.1, -0.05) is 27.5 Å². The molecule has 1 aliphatic rings. The van der Waals surface area contributed by atoms with Crippen molar-refractivity contribution < 1.29 is 4.79 Å². The average molecular weight is 398 g/mol. The predicted octanol–water partition coefficient (Wildman–Crippen LogP) is 4.81. The summed E-state index contributed by atoms with van der Waals surface area (Å²) in [5.41, 5.74) is 1.68. The van der Waals surface area contributed by atoms with Crippen LogP contribution in [0.4, 0.5) is 0 Å². The lowest BCUT2D eigenvalue weighted by atomic mass is 10.0. The summed E-state index contributed by atoms with van der Waals surface area (Å²) in [4.78, 5) is 19.7. The molecule has 1 aromatic heterocycles. The van der Waals surface area contributed by atoms with Gasteiger partial charge in [0.2, 0.25) is 0 Å². The molecule has 0 fully saturated rings. The fraction of sp³-hybridized carbons (Fsp3) is 0.250. The predicted molar refractivity (Wildman–Crippen MR) is 93.6 cm³/mol. The molecule has 2 heterocycles. The van der Waals surface area contributed by atoms with Crippen molar-refractivity contribution in [2.45, 2.75) is 17.4 Å². The number of thioether (sulfide) groups is 1. The monoisotopic (exact) mass is 396 g/mol. The van der Waals surface area contributed by atoms with Crippen LogP contribution in [0.3, 0.4) is 0 Å². The third-order valence-electron chi connectivity index (χ3n) is 3.77. The lowest BCUT2D eigenvalue weighted by Crippen LogP contribution is -2.33. The second-order valence-corrected chi connectivity index (χ2v) is 7.57. The van der Waals surface area contributed by atoms with Crippen LogP contribution in [0, 0.1) is 0 Å². The summed E-state index contributed by atoms with van der Waals surface area (Å²) >= 11 is 11.5. The molecule has 0 unspecified atom stereocenters. The van der Waals surface area contributed by atoms with Gasteiger partial charge in [0.25, 0.3) is 5.91 Å². The van der Waals surface area contributed by atoms with Crippen molar-refractivity contribution in [2.75, 3.05) is 12.8 Å². The van der Waals surface area contributed by atoms with E-state index in [2.05, 4.69) is 33.0 Å². The van der Waals surface area contributed by atoms with E-state index in [-0.39, 0.29) is 11.9 Å². The van der Waals surface area contributed by atoms with Crippen molar-refractivity contribution in [1.29, 1.82) is 0 Å². The molecule has 1 aromatic carbocycles. The minimum absolute atomic E-state index is 0.0606. The van der Waals surface area contributed by atoms with E-state index in [9.17, 15) is 4.79 Å². The van der Waals surface area contributed by atoms with Gasteiger partial charge in [0.15, 0.2) is 0 Å². The van der Waals surface area contributed by atoms with Crippen LogP contribution < -0.4 is 0 Å². The number of pyridine rings is 1. The van der Waals surface area contributed by atoms with E-state index in [1.807, 2.05) is 24.9 Å². The first-order valence-electron chi connectivity index (χ1n) is 6.87. The molecule has 0 N–H and O–H groups in total. The molecule has 1 atom stereocenters. The zero-order valence-electron chi connectivity index (χ0n) is 11.9. The van der Waals surface area contributed by atoms with Gasteiger partial charge < -0.3 is 4.90 Å². The van der Waals surface area contributed by atoms with Crippen molar-refractivity contribution in [3.05, 3.63) is 57.3 Å². The molecule has 0 saturated heterocycles. The Morgan fingerprint density at radius 1 is 1.45 bits per heavy atom. The van der Waals surface area contributed by atoms with E-state index >= 15 is 0 Å². The first kappa shape index (κ1) is 15.8. The largest absolute Gasteiger partial charge is 0.335 e. The zero-order valence-corrected chi connectivity index (χ0v) is 15.1. The summed E-state index contributed by atoms with van der Waals surface area (Å²) in [7, 11) is 1.84. The van der Waals surface area contributed by atoms with Gasteiger partial charge in [-0.15, -0.1) is 11.8 Å². The second kappa shape index (κ2) is 6.60. The van der Waals surface area contributed by atoms with Gasteiger partial charge in [-0.2, -0.15) is 0 Å². The fourth-order valence-electron chi connectivity index (χ4n) is 2.63. The molecular weight excluding hydrogens is 384 g/mol. The molecule has 0 saturated carbocycles. The Morgan fingerprint density at radius 2 is 2.27 bits per heavy atom. The Morgan fingerprint density at radius 3 is 3.05 bits per heavy atom. The molecular formula is C16H14BrClN2OS. The normalized spacial score (nSPS) is 17.0. The molecule has 1 aliphatic heterocycles. The Labute approximate surface area is 147 Å². The minimum atomic E-state index is -0.0739. The fourth-order valence-corrected chi connectivity index (χ4v) is 4.30. The number of fused-ring (bicyclic) bond motifs is 1. The molecule has 0 spiro atoms. The highest BCUT2D eigenvalue weighted by Crippen LogP contribution is 2.40. The maximum atomic E-state index is 12.8. The molecule has 2 aromatic rings. The van der Waals surface area contributed by atoms with Gasteiger partial charge in [-0.25, -0.2) is 0 Å². The van der Waals surface area contributed by atoms with Gasteiger partial charge in [0.1, 0.15) is 0 Å². The van der Waals surface area contributed by atoms with Crippen LogP contribution in [-0.2, 0) is 0 Å². The molecule has 3 rings (SSSR count). The zero-order chi connectivity index (χ0) is 15.7. The summed E-state index contributed by atoms with van der Waals surface area (Å²) in [6.07, 6.45) is 4.02. The quantitative estimate of drug-likeness (QED) is 0.729. The number of hydrogen-bond acceptors (Lipinski definition) is 3. The molecule has 3 nitrogen and oxygen atoms in total. The second-order valence-electron chi connectivity index (χ2n) is 5.11. The number of rotatable bonds is 2. The minimum Gasteiger partial charge on any atom is -0.335 e. The molecule has 0 bridgehead atoms. The van der Waals surface area contributed by atoms with Crippen LogP contribution in [0.25, 0.3) is 0 Å². The van der Waals surface area contributed by atoms with Crippen LogP contribution in [0.1, 0.15) is 28.4 Å². The highest BCUT2D eigenvalue weighted by Gasteiger charge is 2.28. The highest BCUT2D eigenvalue weighted by atomic mass is 79.9. The van der Waals surface area contributed by atoms with Crippen LogP contribution >= 0.6 is 39.3 Å². The third kappa shape index (κ3) is 3.03. The van der Waals surface area contributed by atoms with E-state index in [0.29, 0.717) is 10.6 Å². The van der Waals surface area contributed by atoms with Gasteiger partial charge in [-0.3, -0.25) is 9.78 Å². The van der Waals surface area contributed by atoms with E-state index in [0.717, 1.165) is 16.6 Å². The third-order valence-corrected chi connectivity index (χ3v) is 5.69. The lowest BCUT2D eigenvalue weighted by Gasteiger charge is -2.33.